The van der Waals surface area contributed by atoms with Gasteiger partial charge in [-0.3, -0.25) is 10.1 Å². The summed E-state index contributed by atoms with van der Waals surface area (Å²) in [6.07, 6.45) is 0.210. The maximum atomic E-state index is 11.5. The average molecular weight is 392 g/mol. The number of carboxylic acid groups (broad SMARTS) is 1. The molecule has 0 aliphatic carbocycles. The van der Waals surface area contributed by atoms with E-state index in [-0.39, 0.29) is 17.5 Å². The molecule has 148 valence electrons. The van der Waals surface area contributed by atoms with E-state index in [4.69, 9.17) is 5.11 Å². The van der Waals surface area contributed by atoms with Crippen molar-refractivity contribution in [2.45, 2.75) is 18.9 Å². The number of anilines is 1. The van der Waals surface area contributed by atoms with Gasteiger partial charge in [-0.05, 0) is 35.7 Å². The van der Waals surface area contributed by atoms with Gasteiger partial charge in [0.05, 0.1) is 10.6 Å². The van der Waals surface area contributed by atoms with Crippen LogP contribution < -0.4 is 5.32 Å². The van der Waals surface area contributed by atoms with Gasteiger partial charge in [-0.15, -0.1) is 0 Å². The fourth-order valence-electron chi connectivity index (χ4n) is 3.62. The number of nitro groups is 1. The van der Waals surface area contributed by atoms with Gasteiger partial charge in [0.2, 0.25) is 5.82 Å². The highest BCUT2D eigenvalue weighted by Gasteiger charge is 2.25. The van der Waals surface area contributed by atoms with E-state index in [1.54, 1.807) is 6.07 Å². The lowest BCUT2D eigenvalue weighted by Crippen LogP contribution is -2.41. The molecule has 29 heavy (non-hydrogen) atoms. The zero-order chi connectivity index (χ0) is 20.4. The number of hydrogen-bond donors (Lipinski definition) is 2. The van der Waals surface area contributed by atoms with Crippen LogP contribution in [0, 0.1) is 10.1 Å². The van der Waals surface area contributed by atoms with Crippen molar-refractivity contribution in [3.63, 3.8) is 0 Å². The second-order valence-electron chi connectivity index (χ2n) is 7.07. The molecule has 1 amide bonds. The van der Waals surface area contributed by atoms with Gasteiger partial charge < -0.3 is 15.3 Å². The number of aromatic nitrogens is 1. The van der Waals surface area contributed by atoms with Gasteiger partial charge in [0, 0.05) is 30.8 Å². The van der Waals surface area contributed by atoms with Crippen LogP contribution in [-0.2, 0) is 0 Å². The average Bonchev–Trinajstić information content (AvgIpc) is 2.73. The Morgan fingerprint density at radius 3 is 2.52 bits per heavy atom. The molecule has 1 aromatic heterocycles. The second-order valence-corrected chi connectivity index (χ2v) is 7.07. The van der Waals surface area contributed by atoms with Gasteiger partial charge >= 0.3 is 11.8 Å². The van der Waals surface area contributed by atoms with Gasteiger partial charge in [-0.1, -0.05) is 36.4 Å². The standard InChI is InChI=1S/C21H20N4O4/c26-21(27)24-11-9-17(10-12-24)22-20-19(25(28)29)8-7-18(23-20)16-6-5-14-3-1-2-4-15(14)13-16/h1-8,13,17H,9-12H2,(H,22,23)(H,26,27). The number of benzene rings is 2. The third-order valence-corrected chi connectivity index (χ3v) is 5.22. The number of piperidine rings is 1. The number of nitrogens with one attached hydrogen (secondary N) is 1. The number of rotatable bonds is 4. The van der Waals surface area contributed by atoms with Crippen LogP contribution in [-0.4, -0.2) is 45.1 Å². The second kappa shape index (κ2) is 7.75. The van der Waals surface area contributed by atoms with Crippen molar-refractivity contribution in [3.05, 3.63) is 64.7 Å². The lowest BCUT2D eigenvalue weighted by molar-refractivity contribution is -0.384. The summed E-state index contributed by atoms with van der Waals surface area (Å²) in [5, 5.41) is 25.9. The minimum absolute atomic E-state index is 0.0661. The van der Waals surface area contributed by atoms with Gasteiger partial charge in [0.1, 0.15) is 0 Å². The highest BCUT2D eigenvalue weighted by Crippen LogP contribution is 2.30. The summed E-state index contributed by atoms with van der Waals surface area (Å²) in [5.41, 5.74) is 1.43. The topological polar surface area (TPSA) is 109 Å². The van der Waals surface area contributed by atoms with E-state index in [9.17, 15) is 14.9 Å². The Kier molecular flexibility index (Phi) is 4.99. The number of likely N-dealkylation sites (tertiary alicyclic amines) is 1. The van der Waals surface area contributed by atoms with Crippen LogP contribution in [0.4, 0.5) is 16.3 Å². The molecule has 0 spiro atoms. The molecule has 1 aliphatic heterocycles. The number of hydrogen-bond acceptors (Lipinski definition) is 5. The lowest BCUT2D eigenvalue weighted by atomic mass is 10.0. The van der Waals surface area contributed by atoms with Crippen molar-refractivity contribution in [2.24, 2.45) is 0 Å². The molecule has 8 nitrogen and oxygen atoms in total. The van der Waals surface area contributed by atoms with Crippen LogP contribution in [0.1, 0.15) is 12.8 Å². The molecule has 0 atom stereocenters. The van der Waals surface area contributed by atoms with Crippen LogP contribution >= 0.6 is 0 Å². The smallest absolute Gasteiger partial charge is 0.407 e. The molecule has 0 saturated carbocycles. The SMILES string of the molecule is O=C(O)N1CCC(Nc2nc(-c3ccc4ccccc4c3)ccc2[N+](=O)[O-])CC1. The van der Waals surface area contributed by atoms with E-state index in [0.717, 1.165) is 16.3 Å². The van der Waals surface area contributed by atoms with E-state index in [1.165, 1.54) is 11.0 Å². The highest BCUT2D eigenvalue weighted by molar-refractivity contribution is 5.87. The zero-order valence-corrected chi connectivity index (χ0v) is 15.6. The molecule has 0 radical (unpaired) electrons. The largest absolute Gasteiger partial charge is 0.465 e. The molecule has 1 fully saturated rings. The van der Waals surface area contributed by atoms with E-state index < -0.39 is 11.0 Å². The Balaban J connectivity index is 1.62. The number of fused-ring (bicyclic) bond motifs is 1. The lowest BCUT2D eigenvalue weighted by Gasteiger charge is -2.30. The Morgan fingerprint density at radius 1 is 1.10 bits per heavy atom. The first kappa shape index (κ1) is 18.7. The summed E-state index contributed by atoms with van der Waals surface area (Å²) in [7, 11) is 0. The van der Waals surface area contributed by atoms with Crippen molar-refractivity contribution in [3.8, 4) is 11.3 Å². The predicted octanol–water partition coefficient (Wildman–Crippen LogP) is 4.36. The van der Waals surface area contributed by atoms with Crippen molar-refractivity contribution in [2.75, 3.05) is 18.4 Å². The molecule has 0 unspecified atom stereocenters. The summed E-state index contributed by atoms with van der Waals surface area (Å²) < 4.78 is 0. The van der Waals surface area contributed by atoms with Crippen LogP contribution in [0.2, 0.25) is 0 Å². The molecule has 1 saturated heterocycles. The molecule has 2 heterocycles. The number of pyridine rings is 1. The predicted molar refractivity (Wildman–Crippen MR) is 110 cm³/mol. The normalized spacial score (nSPS) is 14.7. The first-order valence-corrected chi connectivity index (χ1v) is 9.40. The van der Waals surface area contributed by atoms with Crippen LogP contribution in [0.25, 0.3) is 22.0 Å². The summed E-state index contributed by atoms with van der Waals surface area (Å²) in [6.45, 7) is 0.788. The Hall–Kier alpha value is -3.68. The highest BCUT2D eigenvalue weighted by atomic mass is 16.6. The summed E-state index contributed by atoms with van der Waals surface area (Å²) in [4.78, 5) is 28.0. The Bertz CT molecular complexity index is 1080. The van der Waals surface area contributed by atoms with Gasteiger partial charge in [-0.2, -0.15) is 0 Å². The fourth-order valence-corrected chi connectivity index (χ4v) is 3.62. The fraction of sp³-hybridized carbons (Fsp3) is 0.238. The number of amides is 1. The quantitative estimate of drug-likeness (QED) is 0.504. The first-order valence-electron chi connectivity index (χ1n) is 9.40. The number of carbonyl (C=O) groups is 1. The molecule has 2 N–H and O–H groups in total. The van der Waals surface area contributed by atoms with Gasteiger partial charge in [0.15, 0.2) is 0 Å². The molecule has 8 heteroatoms. The molecule has 2 aromatic carbocycles. The summed E-state index contributed by atoms with van der Waals surface area (Å²) >= 11 is 0. The molecule has 4 rings (SSSR count). The van der Waals surface area contributed by atoms with Crippen molar-refractivity contribution >= 4 is 28.4 Å². The van der Waals surface area contributed by atoms with Crippen molar-refractivity contribution in [1.29, 1.82) is 0 Å². The minimum Gasteiger partial charge on any atom is -0.465 e. The molecular weight excluding hydrogens is 372 g/mol. The minimum atomic E-state index is -0.939. The Labute approximate surface area is 166 Å². The van der Waals surface area contributed by atoms with E-state index in [1.807, 2.05) is 42.5 Å². The summed E-state index contributed by atoms with van der Waals surface area (Å²) in [5.74, 6) is 0.217. The van der Waals surface area contributed by atoms with E-state index in [0.29, 0.717) is 31.6 Å². The van der Waals surface area contributed by atoms with Crippen LogP contribution in [0.3, 0.4) is 0 Å². The van der Waals surface area contributed by atoms with Crippen LogP contribution in [0.5, 0.6) is 0 Å². The molecule has 1 aliphatic rings. The van der Waals surface area contributed by atoms with E-state index >= 15 is 0 Å². The molecule has 3 aromatic rings. The van der Waals surface area contributed by atoms with E-state index in [2.05, 4.69) is 10.3 Å². The molecular formula is C21H20N4O4. The van der Waals surface area contributed by atoms with Crippen LogP contribution in [0.15, 0.2) is 54.6 Å². The first-order chi connectivity index (χ1) is 14.0. The third-order valence-electron chi connectivity index (χ3n) is 5.22. The molecule has 0 bridgehead atoms. The number of nitrogens with zero attached hydrogens (tertiary/aromatic N) is 3. The maximum absolute atomic E-state index is 11.5. The Morgan fingerprint density at radius 2 is 1.83 bits per heavy atom. The van der Waals surface area contributed by atoms with Crippen molar-refractivity contribution < 1.29 is 14.8 Å². The van der Waals surface area contributed by atoms with Crippen molar-refractivity contribution in [1.82, 2.24) is 9.88 Å². The maximum Gasteiger partial charge on any atom is 0.407 e. The zero-order valence-electron chi connectivity index (χ0n) is 15.6. The van der Waals surface area contributed by atoms with Gasteiger partial charge in [-0.25, -0.2) is 9.78 Å². The third kappa shape index (κ3) is 3.96. The summed E-state index contributed by atoms with van der Waals surface area (Å²) in [6, 6.07) is 17.0. The van der Waals surface area contributed by atoms with Gasteiger partial charge in [0.25, 0.3) is 0 Å². The monoisotopic (exact) mass is 392 g/mol.